The number of ether oxygens (including phenoxy) is 1. The predicted octanol–water partition coefficient (Wildman–Crippen LogP) is 5.27. The van der Waals surface area contributed by atoms with Gasteiger partial charge in [-0.3, -0.25) is 0 Å². The van der Waals surface area contributed by atoms with E-state index in [1.54, 1.807) is 18.2 Å². The molecular weight excluding hydrogens is 291 g/mol. The summed E-state index contributed by atoms with van der Waals surface area (Å²) in [6.07, 6.45) is -4.27. The van der Waals surface area contributed by atoms with Crippen molar-refractivity contribution in [2.75, 3.05) is 11.9 Å². The van der Waals surface area contributed by atoms with E-state index in [0.717, 1.165) is 5.69 Å². The van der Waals surface area contributed by atoms with Crippen molar-refractivity contribution in [3.63, 3.8) is 0 Å². The summed E-state index contributed by atoms with van der Waals surface area (Å²) in [6.45, 7) is 4.24. The van der Waals surface area contributed by atoms with Crippen molar-refractivity contribution in [2.24, 2.45) is 0 Å². The van der Waals surface area contributed by atoms with Crippen molar-refractivity contribution in [1.29, 1.82) is 0 Å². The summed E-state index contributed by atoms with van der Waals surface area (Å²) >= 11 is 6.04. The minimum Gasteiger partial charge on any atom is -0.492 e. The molecule has 0 saturated carbocycles. The Labute approximate surface area is 122 Å². The van der Waals surface area contributed by atoms with E-state index in [1.807, 2.05) is 13.8 Å². The van der Waals surface area contributed by atoms with Crippen LogP contribution in [-0.2, 0) is 0 Å². The molecule has 20 heavy (non-hydrogen) atoms. The van der Waals surface area contributed by atoms with Gasteiger partial charge in [0, 0.05) is 18.2 Å². The van der Waals surface area contributed by atoms with Gasteiger partial charge in [-0.2, -0.15) is 13.2 Å². The Morgan fingerprint density at radius 2 is 2.05 bits per heavy atom. The molecule has 0 aliphatic rings. The number of halogens is 4. The van der Waals surface area contributed by atoms with Gasteiger partial charge in [-0.25, -0.2) is 0 Å². The molecule has 1 aromatic carbocycles. The fraction of sp³-hybridized carbons (Fsp3) is 0.571. The molecule has 0 bridgehead atoms. The standard InChI is InChI=1S/C14H19ClF3NO/c1-3-20-13-7-6-11(9-12(13)15)19-10(2)5-4-8-14(16,17)18/h6-7,9-10,19H,3-5,8H2,1-2H3. The minimum absolute atomic E-state index is 0.0497. The van der Waals surface area contributed by atoms with Crippen molar-refractivity contribution >= 4 is 17.3 Å². The first-order valence-electron chi connectivity index (χ1n) is 6.57. The van der Waals surface area contributed by atoms with E-state index >= 15 is 0 Å². The molecule has 0 radical (unpaired) electrons. The molecule has 0 spiro atoms. The maximum atomic E-state index is 12.1. The summed E-state index contributed by atoms with van der Waals surface area (Å²) < 4.78 is 41.5. The van der Waals surface area contributed by atoms with Crippen LogP contribution in [0.3, 0.4) is 0 Å². The van der Waals surface area contributed by atoms with Crippen molar-refractivity contribution in [3.05, 3.63) is 23.2 Å². The van der Waals surface area contributed by atoms with E-state index in [4.69, 9.17) is 16.3 Å². The van der Waals surface area contributed by atoms with Crippen LogP contribution in [0.4, 0.5) is 18.9 Å². The van der Waals surface area contributed by atoms with Crippen LogP contribution in [0.1, 0.15) is 33.1 Å². The second-order valence-corrected chi connectivity index (χ2v) is 5.04. The summed E-state index contributed by atoms with van der Waals surface area (Å²) in [5.74, 6) is 0.601. The van der Waals surface area contributed by atoms with Crippen LogP contribution >= 0.6 is 11.6 Å². The zero-order chi connectivity index (χ0) is 15.2. The molecule has 0 heterocycles. The number of nitrogens with one attached hydrogen (secondary N) is 1. The predicted molar refractivity (Wildman–Crippen MR) is 75.6 cm³/mol. The highest BCUT2D eigenvalue weighted by atomic mass is 35.5. The molecule has 6 heteroatoms. The second kappa shape index (κ2) is 7.62. The van der Waals surface area contributed by atoms with Crippen molar-refractivity contribution < 1.29 is 17.9 Å². The van der Waals surface area contributed by atoms with Crippen LogP contribution in [0.5, 0.6) is 5.75 Å². The third kappa shape index (κ3) is 6.37. The van der Waals surface area contributed by atoms with Crippen molar-refractivity contribution in [3.8, 4) is 5.75 Å². The van der Waals surface area contributed by atoms with Gasteiger partial charge < -0.3 is 10.1 Å². The highest BCUT2D eigenvalue weighted by Gasteiger charge is 2.26. The van der Waals surface area contributed by atoms with Crippen LogP contribution in [0.15, 0.2) is 18.2 Å². The molecule has 0 fully saturated rings. The maximum absolute atomic E-state index is 12.1. The highest BCUT2D eigenvalue weighted by molar-refractivity contribution is 6.32. The summed E-state index contributed by atoms with van der Waals surface area (Å²) in [5.41, 5.74) is 0.776. The number of rotatable bonds is 7. The Morgan fingerprint density at radius 1 is 1.35 bits per heavy atom. The van der Waals surface area contributed by atoms with Gasteiger partial charge in [-0.05, 0) is 44.9 Å². The first kappa shape index (κ1) is 17.0. The molecule has 2 nitrogen and oxygen atoms in total. The average molecular weight is 310 g/mol. The number of anilines is 1. The van der Waals surface area contributed by atoms with Crippen LogP contribution in [0.2, 0.25) is 5.02 Å². The molecule has 1 aromatic rings. The van der Waals surface area contributed by atoms with Crippen LogP contribution in [-0.4, -0.2) is 18.8 Å². The van der Waals surface area contributed by atoms with Gasteiger partial charge in [-0.15, -0.1) is 0 Å². The largest absolute Gasteiger partial charge is 0.492 e. The van der Waals surface area contributed by atoms with E-state index < -0.39 is 12.6 Å². The molecule has 1 rings (SSSR count). The van der Waals surface area contributed by atoms with E-state index in [0.29, 0.717) is 23.8 Å². The Morgan fingerprint density at radius 3 is 2.60 bits per heavy atom. The summed E-state index contributed by atoms with van der Waals surface area (Å²) in [7, 11) is 0. The average Bonchev–Trinajstić information content (AvgIpc) is 2.31. The van der Waals surface area contributed by atoms with Gasteiger partial charge in [0.1, 0.15) is 5.75 Å². The Bertz CT molecular complexity index is 423. The Kier molecular flexibility index (Phi) is 6.46. The lowest BCUT2D eigenvalue weighted by molar-refractivity contribution is -0.135. The fourth-order valence-corrected chi connectivity index (χ4v) is 2.06. The summed E-state index contributed by atoms with van der Waals surface area (Å²) in [6, 6.07) is 5.21. The monoisotopic (exact) mass is 309 g/mol. The molecular formula is C14H19ClF3NO. The molecule has 1 N–H and O–H groups in total. The lowest BCUT2D eigenvalue weighted by Gasteiger charge is -2.16. The van der Waals surface area contributed by atoms with Crippen LogP contribution in [0, 0.1) is 0 Å². The zero-order valence-electron chi connectivity index (χ0n) is 11.6. The smallest absolute Gasteiger partial charge is 0.389 e. The van der Waals surface area contributed by atoms with Crippen LogP contribution < -0.4 is 10.1 Å². The van der Waals surface area contributed by atoms with E-state index in [9.17, 15) is 13.2 Å². The molecule has 0 amide bonds. The van der Waals surface area contributed by atoms with Gasteiger partial charge in [-0.1, -0.05) is 11.6 Å². The SMILES string of the molecule is CCOc1ccc(NC(C)CCCC(F)(F)F)cc1Cl. The number of hydrogen-bond acceptors (Lipinski definition) is 2. The minimum atomic E-state index is -4.08. The second-order valence-electron chi connectivity index (χ2n) is 4.63. The highest BCUT2D eigenvalue weighted by Crippen LogP contribution is 2.28. The van der Waals surface area contributed by atoms with E-state index in [2.05, 4.69) is 5.32 Å². The fourth-order valence-electron chi connectivity index (χ4n) is 1.83. The number of hydrogen-bond donors (Lipinski definition) is 1. The summed E-state index contributed by atoms with van der Waals surface area (Å²) in [4.78, 5) is 0. The molecule has 0 saturated heterocycles. The first-order chi connectivity index (χ1) is 9.31. The normalized spacial score (nSPS) is 13.1. The molecule has 114 valence electrons. The topological polar surface area (TPSA) is 21.3 Å². The Hall–Kier alpha value is -1.10. The molecule has 1 unspecified atom stereocenters. The third-order valence-corrected chi connectivity index (χ3v) is 3.04. The van der Waals surface area contributed by atoms with Crippen molar-refractivity contribution in [2.45, 2.75) is 45.3 Å². The molecule has 1 atom stereocenters. The third-order valence-electron chi connectivity index (χ3n) is 2.74. The van der Waals surface area contributed by atoms with Crippen molar-refractivity contribution in [1.82, 2.24) is 0 Å². The number of benzene rings is 1. The van der Waals surface area contributed by atoms with Gasteiger partial charge in [0.05, 0.1) is 11.6 Å². The Balaban J connectivity index is 2.45. The van der Waals surface area contributed by atoms with Crippen LogP contribution in [0.25, 0.3) is 0 Å². The molecule has 0 aliphatic heterocycles. The number of alkyl halides is 3. The van der Waals surface area contributed by atoms with E-state index in [-0.39, 0.29) is 12.5 Å². The van der Waals surface area contributed by atoms with Gasteiger partial charge in [0.25, 0.3) is 0 Å². The lowest BCUT2D eigenvalue weighted by Crippen LogP contribution is -2.16. The van der Waals surface area contributed by atoms with E-state index in [1.165, 1.54) is 0 Å². The molecule has 0 aromatic heterocycles. The quantitative estimate of drug-likeness (QED) is 0.740. The van der Waals surface area contributed by atoms with Gasteiger partial charge >= 0.3 is 6.18 Å². The summed E-state index contributed by atoms with van der Waals surface area (Å²) in [5, 5.41) is 3.62. The lowest BCUT2D eigenvalue weighted by atomic mass is 10.1. The maximum Gasteiger partial charge on any atom is 0.389 e. The first-order valence-corrected chi connectivity index (χ1v) is 6.95. The molecule has 0 aliphatic carbocycles. The zero-order valence-corrected chi connectivity index (χ0v) is 12.3. The van der Waals surface area contributed by atoms with Gasteiger partial charge in [0.2, 0.25) is 0 Å². The van der Waals surface area contributed by atoms with Gasteiger partial charge in [0.15, 0.2) is 0 Å².